The minimum Gasteiger partial charge on any atom is -0.380 e. The van der Waals surface area contributed by atoms with Gasteiger partial charge in [-0.05, 0) is 14.0 Å². The van der Waals surface area contributed by atoms with Gasteiger partial charge in [-0.25, -0.2) is 9.97 Å². The molecule has 1 aromatic rings. The van der Waals surface area contributed by atoms with Crippen LogP contribution < -0.4 is 10.2 Å². The first-order chi connectivity index (χ1) is 9.10. The summed E-state index contributed by atoms with van der Waals surface area (Å²) in [5.74, 6) is 1.24. The lowest BCUT2D eigenvalue weighted by Gasteiger charge is -2.22. The summed E-state index contributed by atoms with van der Waals surface area (Å²) in [6.07, 6.45) is 1.92. The molecule has 0 fully saturated rings. The lowest BCUT2D eigenvalue weighted by atomic mass is 10.2. The largest absolute Gasteiger partial charge is 0.380 e. The quantitative estimate of drug-likeness (QED) is 0.727. The third-order valence-electron chi connectivity index (χ3n) is 2.91. The minimum atomic E-state index is 0.346. The summed E-state index contributed by atoms with van der Waals surface area (Å²) in [7, 11) is 3.98. The summed E-state index contributed by atoms with van der Waals surface area (Å²) in [4.78, 5) is 11.2. The normalized spacial score (nSPS) is 11.1. The molecule has 108 valence electrons. The molecule has 0 aliphatic rings. The zero-order chi connectivity index (χ0) is 14.3. The molecule has 5 nitrogen and oxygen atoms in total. The van der Waals surface area contributed by atoms with Crippen LogP contribution in [0.5, 0.6) is 0 Å². The first-order valence-corrected chi connectivity index (χ1v) is 6.89. The molecule has 0 saturated heterocycles. The number of rotatable bonds is 8. The highest BCUT2D eigenvalue weighted by atomic mass is 16.5. The van der Waals surface area contributed by atoms with E-state index in [2.05, 4.69) is 34.0 Å². The topological polar surface area (TPSA) is 50.3 Å². The second kappa shape index (κ2) is 8.07. The third-order valence-corrected chi connectivity index (χ3v) is 2.91. The van der Waals surface area contributed by atoms with Crippen molar-refractivity contribution < 1.29 is 4.74 Å². The predicted octanol–water partition coefficient (Wildman–Crippen LogP) is 1.79. The van der Waals surface area contributed by atoms with Crippen molar-refractivity contribution in [3.05, 3.63) is 17.7 Å². The van der Waals surface area contributed by atoms with Crippen LogP contribution in [0.3, 0.4) is 0 Å². The van der Waals surface area contributed by atoms with Crippen LogP contribution in [-0.4, -0.2) is 43.8 Å². The number of nitrogens with zero attached hydrogens (tertiary/aromatic N) is 3. The van der Waals surface area contributed by atoms with Crippen LogP contribution in [0.1, 0.15) is 38.2 Å². The zero-order valence-corrected chi connectivity index (χ0v) is 12.7. The van der Waals surface area contributed by atoms with Crippen LogP contribution in [0.25, 0.3) is 0 Å². The van der Waals surface area contributed by atoms with E-state index in [0.29, 0.717) is 5.92 Å². The smallest absolute Gasteiger partial charge is 0.131 e. The van der Waals surface area contributed by atoms with Crippen LogP contribution in [-0.2, 0) is 11.3 Å². The van der Waals surface area contributed by atoms with Crippen LogP contribution in [0, 0.1) is 0 Å². The van der Waals surface area contributed by atoms with Gasteiger partial charge in [0.2, 0.25) is 0 Å². The molecule has 0 bridgehead atoms. The summed E-state index contributed by atoms with van der Waals surface area (Å²) in [6.45, 7) is 9.28. The first kappa shape index (κ1) is 15.9. The Kier molecular flexibility index (Phi) is 6.73. The second-order valence-electron chi connectivity index (χ2n) is 4.86. The SMILES string of the molecule is CCOCCN(C)c1cnc(C(C)C)nc1CNC. The first-order valence-electron chi connectivity index (χ1n) is 6.89. The van der Waals surface area contributed by atoms with E-state index in [0.717, 1.165) is 43.5 Å². The van der Waals surface area contributed by atoms with Crippen LogP contribution >= 0.6 is 0 Å². The van der Waals surface area contributed by atoms with Crippen molar-refractivity contribution >= 4 is 5.69 Å². The van der Waals surface area contributed by atoms with Gasteiger partial charge in [-0.15, -0.1) is 0 Å². The van der Waals surface area contributed by atoms with Crippen molar-refractivity contribution in [3.63, 3.8) is 0 Å². The standard InChI is InChI=1S/C14H26N4O/c1-6-19-8-7-18(5)13-10-16-14(11(2)3)17-12(13)9-15-4/h10-11,15H,6-9H2,1-5H3. The molecule has 0 saturated carbocycles. The van der Waals surface area contributed by atoms with Gasteiger partial charge in [0.1, 0.15) is 5.82 Å². The Balaban J connectivity index is 2.85. The van der Waals surface area contributed by atoms with Gasteiger partial charge in [0.25, 0.3) is 0 Å². The van der Waals surface area contributed by atoms with Crippen LogP contribution in [0.4, 0.5) is 5.69 Å². The van der Waals surface area contributed by atoms with Crippen molar-refractivity contribution in [2.45, 2.75) is 33.2 Å². The van der Waals surface area contributed by atoms with Gasteiger partial charge in [-0.3, -0.25) is 0 Å². The van der Waals surface area contributed by atoms with E-state index in [1.165, 1.54) is 0 Å². The Hall–Kier alpha value is -1.20. The Morgan fingerprint density at radius 3 is 2.74 bits per heavy atom. The molecule has 1 N–H and O–H groups in total. The Labute approximate surface area is 116 Å². The number of hydrogen-bond donors (Lipinski definition) is 1. The number of nitrogens with one attached hydrogen (secondary N) is 1. The third kappa shape index (κ3) is 4.76. The fourth-order valence-electron chi connectivity index (χ4n) is 1.79. The van der Waals surface area contributed by atoms with E-state index in [1.807, 2.05) is 27.2 Å². The number of ether oxygens (including phenoxy) is 1. The van der Waals surface area contributed by atoms with Gasteiger partial charge in [-0.2, -0.15) is 0 Å². The van der Waals surface area contributed by atoms with Gasteiger partial charge in [0.15, 0.2) is 0 Å². The van der Waals surface area contributed by atoms with E-state index < -0.39 is 0 Å². The fraction of sp³-hybridized carbons (Fsp3) is 0.714. The average molecular weight is 266 g/mol. The molecule has 0 amide bonds. The molecule has 0 spiro atoms. The summed E-state index contributed by atoms with van der Waals surface area (Å²) >= 11 is 0. The molecular weight excluding hydrogens is 240 g/mol. The molecule has 1 rings (SSSR count). The zero-order valence-electron chi connectivity index (χ0n) is 12.7. The van der Waals surface area contributed by atoms with E-state index in [9.17, 15) is 0 Å². The Bertz CT molecular complexity index is 382. The molecule has 5 heteroatoms. The molecule has 1 aromatic heterocycles. The summed E-state index contributed by atoms with van der Waals surface area (Å²) in [5.41, 5.74) is 2.11. The summed E-state index contributed by atoms with van der Waals surface area (Å²) in [6, 6.07) is 0. The number of aromatic nitrogens is 2. The number of anilines is 1. The molecule has 0 aromatic carbocycles. The predicted molar refractivity (Wildman–Crippen MR) is 78.6 cm³/mol. The molecule has 0 atom stereocenters. The van der Waals surface area contributed by atoms with E-state index in [4.69, 9.17) is 4.74 Å². The molecule has 19 heavy (non-hydrogen) atoms. The van der Waals surface area contributed by atoms with Crippen molar-refractivity contribution in [1.82, 2.24) is 15.3 Å². The van der Waals surface area contributed by atoms with Crippen molar-refractivity contribution in [3.8, 4) is 0 Å². The molecule has 0 aliphatic carbocycles. The van der Waals surface area contributed by atoms with Crippen LogP contribution in [0.15, 0.2) is 6.20 Å². The average Bonchev–Trinajstić information content (AvgIpc) is 2.39. The number of likely N-dealkylation sites (N-methyl/N-ethyl adjacent to an activating group) is 1. The maximum atomic E-state index is 5.39. The van der Waals surface area contributed by atoms with Crippen molar-refractivity contribution in [2.24, 2.45) is 0 Å². The van der Waals surface area contributed by atoms with Gasteiger partial charge in [-0.1, -0.05) is 13.8 Å². The van der Waals surface area contributed by atoms with Crippen molar-refractivity contribution in [1.29, 1.82) is 0 Å². The molecule has 0 radical (unpaired) electrons. The van der Waals surface area contributed by atoms with E-state index >= 15 is 0 Å². The molecule has 0 unspecified atom stereocenters. The Morgan fingerprint density at radius 1 is 1.42 bits per heavy atom. The molecule has 0 aliphatic heterocycles. The monoisotopic (exact) mass is 266 g/mol. The van der Waals surface area contributed by atoms with Crippen molar-refractivity contribution in [2.75, 3.05) is 38.8 Å². The van der Waals surface area contributed by atoms with Gasteiger partial charge in [0.05, 0.1) is 24.2 Å². The maximum Gasteiger partial charge on any atom is 0.131 e. The lowest BCUT2D eigenvalue weighted by Crippen LogP contribution is -2.26. The minimum absolute atomic E-state index is 0.346. The summed E-state index contributed by atoms with van der Waals surface area (Å²) in [5, 5.41) is 3.16. The molecule has 1 heterocycles. The Morgan fingerprint density at radius 2 is 2.16 bits per heavy atom. The highest BCUT2D eigenvalue weighted by molar-refractivity contribution is 5.48. The number of hydrogen-bond acceptors (Lipinski definition) is 5. The van der Waals surface area contributed by atoms with E-state index in [1.54, 1.807) is 0 Å². The summed E-state index contributed by atoms with van der Waals surface area (Å²) < 4.78 is 5.39. The molecular formula is C14H26N4O. The highest BCUT2D eigenvalue weighted by Crippen LogP contribution is 2.19. The van der Waals surface area contributed by atoms with Gasteiger partial charge >= 0.3 is 0 Å². The van der Waals surface area contributed by atoms with E-state index in [-0.39, 0.29) is 0 Å². The fourth-order valence-corrected chi connectivity index (χ4v) is 1.79. The van der Waals surface area contributed by atoms with Gasteiger partial charge < -0.3 is 15.0 Å². The van der Waals surface area contributed by atoms with Crippen LogP contribution in [0.2, 0.25) is 0 Å². The second-order valence-corrected chi connectivity index (χ2v) is 4.86. The lowest BCUT2D eigenvalue weighted by molar-refractivity contribution is 0.154. The van der Waals surface area contributed by atoms with Gasteiger partial charge in [0, 0.05) is 32.7 Å². The maximum absolute atomic E-state index is 5.39. The highest BCUT2D eigenvalue weighted by Gasteiger charge is 2.12.